The molecule has 1 aromatic rings. The lowest BCUT2D eigenvalue weighted by atomic mass is 9.98. The van der Waals surface area contributed by atoms with Gasteiger partial charge in [-0.3, -0.25) is 9.69 Å². The number of rotatable bonds is 3. The van der Waals surface area contributed by atoms with Gasteiger partial charge in [0.2, 0.25) is 0 Å². The van der Waals surface area contributed by atoms with Crippen LogP contribution < -0.4 is 0 Å². The normalized spacial score (nSPS) is 24.8. The molecule has 1 saturated heterocycles. The van der Waals surface area contributed by atoms with Crippen LogP contribution >= 0.6 is 11.3 Å². The van der Waals surface area contributed by atoms with Crippen LogP contribution in [0.15, 0.2) is 5.38 Å². The Morgan fingerprint density at radius 1 is 1.58 bits per heavy atom. The van der Waals surface area contributed by atoms with Gasteiger partial charge in [-0.05, 0) is 0 Å². The topological polar surface area (TPSA) is 73.7 Å². The van der Waals surface area contributed by atoms with E-state index in [0.29, 0.717) is 19.5 Å². The predicted octanol–water partition coefficient (Wildman–Crippen LogP) is 1.46. The molecule has 2 rings (SSSR count). The second kappa shape index (κ2) is 5.19. The van der Waals surface area contributed by atoms with Gasteiger partial charge in [0.25, 0.3) is 0 Å². The third kappa shape index (κ3) is 3.32. The molecule has 19 heavy (non-hydrogen) atoms. The molecule has 0 aromatic carbocycles. The Bertz CT molecular complexity index is 467. The van der Waals surface area contributed by atoms with Crippen molar-refractivity contribution in [3.05, 3.63) is 16.1 Å². The number of nitrogens with zero attached hydrogens (tertiary/aromatic N) is 2. The summed E-state index contributed by atoms with van der Waals surface area (Å²) in [6.07, 6.45) is -0.257. The summed E-state index contributed by atoms with van der Waals surface area (Å²) in [6.45, 7) is 7.21. The Morgan fingerprint density at radius 3 is 2.79 bits per heavy atom. The molecule has 5 nitrogen and oxygen atoms in total. The standard InChI is InChI=1S/C13H20N2O3S/c1-13(2,3)12-14-8(7-19-12)5-15-6-9(16)4-10(15)11(17)18/h7,9-10,16H,4-6H2,1-3H3,(H,17,18). The van der Waals surface area contributed by atoms with Crippen LogP contribution in [0.5, 0.6) is 0 Å². The number of thiazole rings is 1. The fourth-order valence-corrected chi connectivity index (χ4v) is 3.14. The molecule has 0 spiro atoms. The van der Waals surface area contributed by atoms with E-state index in [1.165, 1.54) is 0 Å². The molecule has 0 saturated carbocycles. The van der Waals surface area contributed by atoms with Crippen molar-refractivity contribution in [3.63, 3.8) is 0 Å². The van der Waals surface area contributed by atoms with Crippen LogP contribution in [-0.2, 0) is 16.8 Å². The highest BCUT2D eigenvalue weighted by Crippen LogP contribution is 2.27. The number of aliphatic carboxylic acids is 1. The summed E-state index contributed by atoms with van der Waals surface area (Å²) < 4.78 is 0. The molecular formula is C13H20N2O3S. The van der Waals surface area contributed by atoms with Gasteiger partial charge in [-0.2, -0.15) is 0 Å². The van der Waals surface area contributed by atoms with Crippen LogP contribution in [0.3, 0.4) is 0 Å². The highest BCUT2D eigenvalue weighted by atomic mass is 32.1. The summed E-state index contributed by atoms with van der Waals surface area (Å²) in [5, 5.41) is 21.8. The first kappa shape index (κ1) is 14.4. The molecule has 1 aromatic heterocycles. The van der Waals surface area contributed by atoms with Gasteiger partial charge in [-0.1, -0.05) is 20.8 Å². The van der Waals surface area contributed by atoms with Crippen molar-refractivity contribution >= 4 is 17.3 Å². The Kier molecular flexibility index (Phi) is 3.94. The van der Waals surface area contributed by atoms with Gasteiger partial charge in [-0.15, -0.1) is 11.3 Å². The average Bonchev–Trinajstić information content (AvgIpc) is 2.85. The molecule has 1 aliphatic heterocycles. The van der Waals surface area contributed by atoms with E-state index in [0.717, 1.165) is 10.7 Å². The summed E-state index contributed by atoms with van der Waals surface area (Å²) in [6, 6.07) is -0.602. The van der Waals surface area contributed by atoms with Gasteiger partial charge in [0, 0.05) is 30.3 Å². The number of hydrogen-bond acceptors (Lipinski definition) is 5. The Labute approximate surface area is 116 Å². The van der Waals surface area contributed by atoms with Gasteiger partial charge in [0.15, 0.2) is 0 Å². The fourth-order valence-electron chi connectivity index (χ4n) is 2.24. The molecule has 1 fully saturated rings. The van der Waals surface area contributed by atoms with E-state index in [1.54, 1.807) is 16.2 Å². The van der Waals surface area contributed by atoms with Gasteiger partial charge in [0.1, 0.15) is 6.04 Å². The highest BCUT2D eigenvalue weighted by Gasteiger charge is 2.36. The van der Waals surface area contributed by atoms with Crippen LogP contribution in [0, 0.1) is 0 Å². The average molecular weight is 284 g/mol. The predicted molar refractivity (Wildman–Crippen MR) is 73.3 cm³/mol. The quantitative estimate of drug-likeness (QED) is 0.879. The number of carboxylic acid groups (broad SMARTS) is 1. The number of aliphatic hydroxyl groups is 1. The molecule has 0 radical (unpaired) electrons. The zero-order valence-corrected chi connectivity index (χ0v) is 12.3. The van der Waals surface area contributed by atoms with Gasteiger partial charge < -0.3 is 10.2 Å². The zero-order chi connectivity index (χ0) is 14.2. The van der Waals surface area contributed by atoms with E-state index in [-0.39, 0.29) is 5.41 Å². The van der Waals surface area contributed by atoms with Crippen LogP contribution in [0.4, 0.5) is 0 Å². The molecule has 6 heteroatoms. The van der Waals surface area contributed by atoms with Crippen LogP contribution in [0.25, 0.3) is 0 Å². The first-order chi connectivity index (χ1) is 8.77. The van der Waals surface area contributed by atoms with Gasteiger partial charge in [0.05, 0.1) is 16.8 Å². The number of carboxylic acids is 1. The van der Waals surface area contributed by atoms with Crippen molar-refractivity contribution < 1.29 is 15.0 Å². The maximum Gasteiger partial charge on any atom is 0.321 e. The van der Waals surface area contributed by atoms with E-state index >= 15 is 0 Å². The second-order valence-electron chi connectivity index (χ2n) is 6.07. The van der Waals surface area contributed by atoms with E-state index in [4.69, 9.17) is 5.11 Å². The number of likely N-dealkylation sites (tertiary alicyclic amines) is 1. The van der Waals surface area contributed by atoms with E-state index in [1.807, 2.05) is 5.38 Å². The molecule has 0 bridgehead atoms. The van der Waals surface area contributed by atoms with Crippen LogP contribution in [0.1, 0.15) is 37.9 Å². The van der Waals surface area contributed by atoms with Crippen molar-refractivity contribution in [2.75, 3.05) is 6.54 Å². The molecular weight excluding hydrogens is 264 g/mol. The van der Waals surface area contributed by atoms with E-state index in [9.17, 15) is 9.90 Å². The summed E-state index contributed by atoms with van der Waals surface area (Å²) in [5.41, 5.74) is 0.898. The Balaban J connectivity index is 2.08. The van der Waals surface area contributed by atoms with Crippen molar-refractivity contribution in [2.24, 2.45) is 0 Å². The molecule has 2 heterocycles. The maximum atomic E-state index is 11.1. The molecule has 2 N–H and O–H groups in total. The minimum Gasteiger partial charge on any atom is -0.480 e. The number of aliphatic hydroxyl groups excluding tert-OH is 1. The fraction of sp³-hybridized carbons (Fsp3) is 0.692. The third-order valence-electron chi connectivity index (χ3n) is 3.22. The zero-order valence-electron chi connectivity index (χ0n) is 11.5. The molecule has 106 valence electrons. The van der Waals surface area contributed by atoms with Crippen molar-refractivity contribution in [1.29, 1.82) is 0 Å². The van der Waals surface area contributed by atoms with Crippen LogP contribution in [-0.4, -0.2) is 44.8 Å². The lowest BCUT2D eigenvalue weighted by Gasteiger charge is -2.19. The summed E-state index contributed by atoms with van der Waals surface area (Å²) >= 11 is 1.60. The lowest BCUT2D eigenvalue weighted by molar-refractivity contribution is -0.142. The third-order valence-corrected chi connectivity index (χ3v) is 4.54. The van der Waals surface area contributed by atoms with Crippen molar-refractivity contribution in [1.82, 2.24) is 9.88 Å². The molecule has 2 unspecified atom stereocenters. The summed E-state index contributed by atoms with van der Waals surface area (Å²) in [4.78, 5) is 17.5. The number of β-amino-alcohol motifs (C(OH)–C–C–N with tert-alkyl or cyclic N) is 1. The largest absolute Gasteiger partial charge is 0.480 e. The molecule has 1 aliphatic rings. The first-order valence-electron chi connectivity index (χ1n) is 6.37. The first-order valence-corrected chi connectivity index (χ1v) is 7.25. The lowest BCUT2D eigenvalue weighted by Crippen LogP contribution is -2.35. The number of aromatic nitrogens is 1. The minimum absolute atomic E-state index is 0.0135. The number of hydrogen-bond donors (Lipinski definition) is 2. The second-order valence-corrected chi connectivity index (χ2v) is 6.93. The monoisotopic (exact) mass is 284 g/mol. The number of carbonyl (C=O) groups is 1. The van der Waals surface area contributed by atoms with Crippen molar-refractivity contribution in [3.8, 4) is 0 Å². The summed E-state index contributed by atoms with van der Waals surface area (Å²) in [7, 11) is 0. The summed E-state index contributed by atoms with van der Waals surface area (Å²) in [5.74, 6) is -0.872. The Hall–Kier alpha value is -0.980. The van der Waals surface area contributed by atoms with E-state index < -0.39 is 18.1 Å². The Morgan fingerprint density at radius 2 is 2.26 bits per heavy atom. The van der Waals surface area contributed by atoms with E-state index in [2.05, 4.69) is 25.8 Å². The highest BCUT2D eigenvalue weighted by molar-refractivity contribution is 7.09. The van der Waals surface area contributed by atoms with Gasteiger partial charge in [-0.25, -0.2) is 4.98 Å². The molecule has 2 atom stereocenters. The SMILES string of the molecule is CC(C)(C)c1nc(CN2CC(O)CC2C(=O)O)cs1. The maximum absolute atomic E-state index is 11.1. The van der Waals surface area contributed by atoms with Gasteiger partial charge >= 0.3 is 5.97 Å². The smallest absolute Gasteiger partial charge is 0.321 e. The van der Waals surface area contributed by atoms with Crippen LogP contribution in [0.2, 0.25) is 0 Å². The van der Waals surface area contributed by atoms with Crippen molar-refractivity contribution in [2.45, 2.75) is 51.3 Å². The molecule has 0 amide bonds. The minimum atomic E-state index is -0.872. The molecule has 0 aliphatic carbocycles.